The Hall–Kier alpha value is -3.00. The molecule has 2 aromatic rings. The van der Waals surface area contributed by atoms with Crippen LogP contribution < -0.4 is 21.7 Å². The first-order valence-electron chi connectivity index (χ1n) is 7.48. The number of rotatable bonds is 8. The van der Waals surface area contributed by atoms with Crippen molar-refractivity contribution in [2.45, 2.75) is 6.42 Å². The molecule has 0 aliphatic carbocycles. The molecule has 8 nitrogen and oxygen atoms in total. The molecule has 0 aliphatic rings. The van der Waals surface area contributed by atoms with E-state index in [0.717, 1.165) is 11.3 Å². The first-order chi connectivity index (χ1) is 11.6. The number of nitrogens with two attached hydrogens (primary N) is 1. The molecule has 2 rings (SSSR count). The predicted octanol–water partition coefficient (Wildman–Crippen LogP) is 0.197. The van der Waals surface area contributed by atoms with Crippen molar-refractivity contribution in [1.82, 2.24) is 20.6 Å². The second-order valence-corrected chi connectivity index (χ2v) is 5.07. The highest BCUT2D eigenvalue weighted by Crippen LogP contribution is 2.18. The van der Waals surface area contributed by atoms with E-state index in [1.54, 1.807) is 7.05 Å². The van der Waals surface area contributed by atoms with Crippen LogP contribution in [0.15, 0.2) is 36.7 Å². The number of primary amides is 1. The third kappa shape index (κ3) is 5.03. The van der Waals surface area contributed by atoms with Gasteiger partial charge in [0.25, 0.3) is 5.91 Å². The summed E-state index contributed by atoms with van der Waals surface area (Å²) in [7, 11) is 1.72. The second kappa shape index (κ2) is 8.59. The highest BCUT2D eigenvalue weighted by atomic mass is 16.2. The van der Waals surface area contributed by atoms with Crippen LogP contribution in [0, 0.1) is 0 Å². The van der Waals surface area contributed by atoms with E-state index < -0.39 is 5.91 Å². The average molecular weight is 328 g/mol. The molecular formula is C16H20N6O2. The fourth-order valence-electron chi connectivity index (χ4n) is 2.12. The van der Waals surface area contributed by atoms with Gasteiger partial charge in [-0.2, -0.15) is 0 Å². The Labute approximate surface area is 139 Å². The van der Waals surface area contributed by atoms with E-state index in [9.17, 15) is 9.59 Å². The summed E-state index contributed by atoms with van der Waals surface area (Å²) < 4.78 is 0. The van der Waals surface area contributed by atoms with Crippen LogP contribution in [0.3, 0.4) is 0 Å². The van der Waals surface area contributed by atoms with Gasteiger partial charge < -0.3 is 21.7 Å². The van der Waals surface area contributed by atoms with Crippen molar-refractivity contribution < 1.29 is 9.59 Å². The first kappa shape index (κ1) is 17.4. The van der Waals surface area contributed by atoms with Crippen LogP contribution in [-0.4, -0.2) is 41.9 Å². The minimum Gasteiger partial charge on any atom is -0.364 e. The topological polar surface area (TPSA) is 122 Å². The quantitative estimate of drug-likeness (QED) is 0.549. The number of nitrogens with one attached hydrogen (secondary N) is 3. The number of anilines is 2. The largest absolute Gasteiger partial charge is 0.364 e. The molecule has 0 saturated heterocycles. The number of nitrogens with zero attached hydrogens (tertiary/aromatic N) is 2. The molecule has 2 amide bonds. The van der Waals surface area contributed by atoms with E-state index in [-0.39, 0.29) is 11.6 Å². The van der Waals surface area contributed by atoms with Crippen molar-refractivity contribution in [2.24, 2.45) is 5.73 Å². The number of hydrogen-bond acceptors (Lipinski definition) is 6. The van der Waals surface area contributed by atoms with E-state index in [4.69, 9.17) is 5.73 Å². The summed E-state index contributed by atoms with van der Waals surface area (Å²) in [6, 6.07) is 7.61. The Balaban J connectivity index is 2.01. The van der Waals surface area contributed by atoms with Crippen molar-refractivity contribution in [1.29, 1.82) is 0 Å². The monoisotopic (exact) mass is 328 g/mol. The molecule has 1 aromatic carbocycles. The molecule has 24 heavy (non-hydrogen) atoms. The second-order valence-electron chi connectivity index (χ2n) is 5.07. The number of benzene rings is 1. The van der Waals surface area contributed by atoms with Crippen LogP contribution in [0.25, 0.3) is 0 Å². The summed E-state index contributed by atoms with van der Waals surface area (Å²) in [5.41, 5.74) is 7.17. The van der Waals surface area contributed by atoms with Gasteiger partial charge in [-0.05, 0) is 31.2 Å². The van der Waals surface area contributed by atoms with Crippen molar-refractivity contribution >= 4 is 23.3 Å². The summed E-state index contributed by atoms with van der Waals surface area (Å²) in [4.78, 5) is 30.8. The van der Waals surface area contributed by atoms with Crippen LogP contribution in [0.2, 0.25) is 0 Å². The SMILES string of the molecule is CNCC(=O)NCCc1cccc(Nc2nccnc2C(N)=O)c1. The molecule has 0 atom stereocenters. The number of amides is 2. The Bertz CT molecular complexity index is 719. The minimum atomic E-state index is -0.644. The van der Waals surface area contributed by atoms with Crippen LogP contribution >= 0.6 is 0 Å². The summed E-state index contributed by atoms with van der Waals surface area (Å²) in [5, 5.41) is 8.66. The Morgan fingerprint density at radius 3 is 2.75 bits per heavy atom. The molecule has 0 fully saturated rings. The van der Waals surface area contributed by atoms with E-state index in [0.29, 0.717) is 25.3 Å². The van der Waals surface area contributed by atoms with Gasteiger partial charge in [0.15, 0.2) is 11.5 Å². The molecule has 0 unspecified atom stereocenters. The van der Waals surface area contributed by atoms with Gasteiger partial charge >= 0.3 is 0 Å². The maximum absolute atomic E-state index is 11.4. The summed E-state index contributed by atoms with van der Waals surface area (Å²) in [6.45, 7) is 0.839. The smallest absolute Gasteiger partial charge is 0.271 e. The molecule has 1 aromatic heterocycles. The zero-order valence-corrected chi connectivity index (χ0v) is 13.4. The molecular weight excluding hydrogens is 308 g/mol. The lowest BCUT2D eigenvalue weighted by Gasteiger charge is -2.10. The van der Waals surface area contributed by atoms with Crippen molar-refractivity contribution in [3.8, 4) is 0 Å². The summed E-state index contributed by atoms with van der Waals surface area (Å²) in [6.07, 6.45) is 3.58. The summed E-state index contributed by atoms with van der Waals surface area (Å²) >= 11 is 0. The predicted molar refractivity (Wildman–Crippen MR) is 90.9 cm³/mol. The van der Waals surface area contributed by atoms with Gasteiger partial charge in [0.05, 0.1) is 6.54 Å². The third-order valence-electron chi connectivity index (χ3n) is 3.19. The third-order valence-corrected chi connectivity index (χ3v) is 3.19. The highest BCUT2D eigenvalue weighted by Gasteiger charge is 2.10. The lowest BCUT2D eigenvalue weighted by Crippen LogP contribution is -2.33. The average Bonchev–Trinajstić information content (AvgIpc) is 2.56. The molecule has 126 valence electrons. The van der Waals surface area contributed by atoms with Gasteiger partial charge in [0.1, 0.15) is 0 Å². The lowest BCUT2D eigenvalue weighted by molar-refractivity contribution is -0.120. The first-order valence-corrected chi connectivity index (χ1v) is 7.48. The van der Waals surface area contributed by atoms with E-state index >= 15 is 0 Å². The normalized spacial score (nSPS) is 10.2. The van der Waals surface area contributed by atoms with Crippen molar-refractivity contribution in [3.63, 3.8) is 0 Å². The van der Waals surface area contributed by atoms with E-state index in [1.807, 2.05) is 24.3 Å². The van der Waals surface area contributed by atoms with Gasteiger partial charge in [0, 0.05) is 24.6 Å². The van der Waals surface area contributed by atoms with Crippen LogP contribution in [0.4, 0.5) is 11.5 Å². The lowest BCUT2D eigenvalue weighted by atomic mass is 10.1. The minimum absolute atomic E-state index is 0.0440. The Morgan fingerprint density at radius 2 is 2.00 bits per heavy atom. The van der Waals surface area contributed by atoms with Crippen LogP contribution in [0.1, 0.15) is 16.1 Å². The molecule has 8 heteroatoms. The van der Waals surface area contributed by atoms with Gasteiger partial charge in [-0.1, -0.05) is 12.1 Å². The van der Waals surface area contributed by atoms with Gasteiger partial charge in [-0.25, -0.2) is 9.97 Å². The zero-order chi connectivity index (χ0) is 17.4. The summed E-state index contributed by atoms with van der Waals surface area (Å²) in [5.74, 6) is -0.379. The number of hydrogen-bond donors (Lipinski definition) is 4. The Morgan fingerprint density at radius 1 is 1.21 bits per heavy atom. The standard InChI is InChI=1S/C16H20N6O2/c1-18-10-13(23)19-6-5-11-3-2-4-12(9-11)22-16-14(15(17)24)20-7-8-21-16/h2-4,7-9,18H,5-6,10H2,1H3,(H2,17,24)(H,19,23)(H,21,22). The molecule has 0 bridgehead atoms. The van der Waals surface area contributed by atoms with Crippen molar-refractivity contribution in [3.05, 3.63) is 47.9 Å². The number of likely N-dealkylation sites (N-methyl/N-ethyl adjacent to an activating group) is 1. The number of aromatic nitrogens is 2. The highest BCUT2D eigenvalue weighted by molar-refractivity contribution is 5.96. The zero-order valence-electron chi connectivity index (χ0n) is 13.4. The van der Waals surface area contributed by atoms with Crippen LogP contribution in [-0.2, 0) is 11.2 Å². The van der Waals surface area contributed by atoms with E-state index in [2.05, 4.69) is 25.9 Å². The fourth-order valence-corrected chi connectivity index (χ4v) is 2.12. The Kier molecular flexibility index (Phi) is 6.21. The molecule has 5 N–H and O–H groups in total. The van der Waals surface area contributed by atoms with Gasteiger partial charge in [-0.15, -0.1) is 0 Å². The van der Waals surface area contributed by atoms with Gasteiger partial charge in [-0.3, -0.25) is 9.59 Å². The maximum Gasteiger partial charge on any atom is 0.271 e. The maximum atomic E-state index is 11.4. The molecule has 0 saturated carbocycles. The number of carbonyl (C=O) groups is 2. The van der Waals surface area contributed by atoms with Crippen LogP contribution in [0.5, 0.6) is 0 Å². The van der Waals surface area contributed by atoms with Gasteiger partial charge in [0.2, 0.25) is 5.91 Å². The number of carbonyl (C=O) groups excluding carboxylic acids is 2. The molecule has 1 heterocycles. The molecule has 0 spiro atoms. The molecule has 0 radical (unpaired) electrons. The van der Waals surface area contributed by atoms with Crippen molar-refractivity contribution in [2.75, 3.05) is 25.5 Å². The van der Waals surface area contributed by atoms with E-state index in [1.165, 1.54) is 12.4 Å². The fraction of sp³-hybridized carbons (Fsp3) is 0.250. The molecule has 0 aliphatic heterocycles.